The predicted octanol–water partition coefficient (Wildman–Crippen LogP) is 2.14. The zero-order chi connectivity index (χ0) is 29.1. The number of carbonyl (C=O) groups is 3. The van der Waals surface area contributed by atoms with Crippen LogP contribution in [0.2, 0.25) is 0 Å². The van der Waals surface area contributed by atoms with Crippen molar-refractivity contribution >= 4 is 28.8 Å². The third-order valence-electron chi connectivity index (χ3n) is 7.57. The van der Waals surface area contributed by atoms with Crippen LogP contribution in [0.3, 0.4) is 0 Å². The van der Waals surface area contributed by atoms with E-state index in [0.29, 0.717) is 12.2 Å². The van der Waals surface area contributed by atoms with Crippen molar-refractivity contribution in [3.63, 3.8) is 0 Å². The van der Waals surface area contributed by atoms with Gasteiger partial charge in [0.1, 0.15) is 17.6 Å². The number of carbonyl (C=O) groups excluding carboxylic acids is 3. The van der Waals surface area contributed by atoms with E-state index in [1.165, 1.54) is 4.90 Å². The van der Waals surface area contributed by atoms with E-state index in [0.717, 1.165) is 38.9 Å². The highest BCUT2D eigenvalue weighted by atomic mass is 16.3. The Bertz CT molecular complexity index is 1560. The first-order chi connectivity index (χ1) is 19.7. The number of aryl methyl sites for hydroxylation is 2. The summed E-state index contributed by atoms with van der Waals surface area (Å²) < 4.78 is 0. The minimum atomic E-state index is -0.885. The molecule has 0 saturated carbocycles. The molecule has 10 heteroatoms. The molecule has 6 N–H and O–H groups in total. The number of nitrogens with two attached hydrogens (primary N) is 1. The fourth-order valence-electron chi connectivity index (χ4n) is 5.42. The fourth-order valence-corrected chi connectivity index (χ4v) is 5.42. The number of phenols is 1. The standard InChI is InChI=1S/C31H34N6O4/c1-18-11-22(38)12-19(2)23(18)14-24(32)31(41)37-17-21-8-4-3-7-20(21)13-27(37)30(40)34-16-29(39)33-15-28-35-25-9-5-6-10-26(25)36-28/h3-12,24,27,38H,13-17,32H2,1-2H3,(H,33,39)(H,34,40)(H,35,36). The topological polar surface area (TPSA) is 153 Å². The number of rotatable bonds is 8. The number of aromatic hydroxyl groups is 1. The Labute approximate surface area is 238 Å². The average Bonchev–Trinajstić information content (AvgIpc) is 3.38. The second-order valence-corrected chi connectivity index (χ2v) is 10.5. The normalized spacial score (nSPS) is 15.3. The first-order valence-corrected chi connectivity index (χ1v) is 13.6. The number of imidazole rings is 1. The molecule has 2 atom stereocenters. The van der Waals surface area contributed by atoms with Crippen LogP contribution in [0.4, 0.5) is 0 Å². The number of phenolic OH excluding ortho intramolecular Hbond substituents is 1. The highest BCUT2D eigenvalue weighted by Gasteiger charge is 2.36. The molecule has 2 heterocycles. The molecule has 0 radical (unpaired) electrons. The van der Waals surface area contributed by atoms with Gasteiger partial charge in [0, 0.05) is 13.0 Å². The predicted molar refractivity (Wildman–Crippen MR) is 155 cm³/mol. The summed E-state index contributed by atoms with van der Waals surface area (Å²) in [6.45, 7) is 3.93. The molecule has 2 unspecified atom stereocenters. The summed E-state index contributed by atoms with van der Waals surface area (Å²) in [6, 6.07) is 16.9. The second kappa shape index (κ2) is 11.8. The van der Waals surface area contributed by atoms with Gasteiger partial charge in [-0.25, -0.2) is 4.98 Å². The number of fused-ring (bicyclic) bond motifs is 2. The summed E-state index contributed by atoms with van der Waals surface area (Å²) in [4.78, 5) is 48.7. The third-order valence-corrected chi connectivity index (χ3v) is 7.57. The third kappa shape index (κ3) is 6.22. The van der Waals surface area contributed by atoms with Crippen molar-refractivity contribution in [3.8, 4) is 5.75 Å². The Balaban J connectivity index is 1.25. The molecule has 5 rings (SSSR count). The second-order valence-electron chi connectivity index (χ2n) is 10.5. The molecule has 10 nitrogen and oxygen atoms in total. The number of benzene rings is 3. The van der Waals surface area contributed by atoms with Gasteiger partial charge in [-0.3, -0.25) is 14.4 Å². The van der Waals surface area contributed by atoms with Gasteiger partial charge < -0.3 is 31.4 Å². The maximum Gasteiger partial charge on any atom is 0.243 e. The SMILES string of the molecule is Cc1cc(O)cc(C)c1CC(N)C(=O)N1Cc2ccccc2CC1C(=O)NCC(=O)NCc1nc2ccccc2[nH]1. The van der Waals surface area contributed by atoms with Gasteiger partial charge >= 0.3 is 0 Å². The number of aromatic amines is 1. The maximum atomic E-state index is 13.7. The molecule has 3 aromatic carbocycles. The molecule has 1 aliphatic heterocycles. The number of aromatic nitrogens is 2. The van der Waals surface area contributed by atoms with Gasteiger partial charge in [0.05, 0.1) is 30.2 Å². The number of hydrogen-bond acceptors (Lipinski definition) is 6. The molecule has 1 aliphatic rings. The fraction of sp³-hybridized carbons (Fsp3) is 0.290. The number of hydrogen-bond donors (Lipinski definition) is 5. The zero-order valence-corrected chi connectivity index (χ0v) is 23.1. The Hall–Kier alpha value is -4.70. The van der Waals surface area contributed by atoms with Crippen LogP contribution in [-0.4, -0.2) is 56.3 Å². The smallest absolute Gasteiger partial charge is 0.243 e. The lowest BCUT2D eigenvalue weighted by molar-refractivity contribution is -0.143. The van der Waals surface area contributed by atoms with E-state index in [4.69, 9.17) is 5.73 Å². The van der Waals surface area contributed by atoms with Gasteiger partial charge in [-0.05, 0) is 72.4 Å². The average molecular weight is 555 g/mol. The Morgan fingerprint density at radius 2 is 1.73 bits per heavy atom. The lowest BCUT2D eigenvalue weighted by atomic mass is 9.91. The lowest BCUT2D eigenvalue weighted by Crippen LogP contribution is -2.57. The van der Waals surface area contributed by atoms with Crippen molar-refractivity contribution in [2.75, 3.05) is 6.54 Å². The van der Waals surface area contributed by atoms with Gasteiger partial charge in [-0.1, -0.05) is 36.4 Å². The molecule has 3 amide bonds. The highest BCUT2D eigenvalue weighted by molar-refractivity contribution is 5.92. The van der Waals surface area contributed by atoms with Crippen LogP contribution < -0.4 is 16.4 Å². The van der Waals surface area contributed by atoms with Crippen molar-refractivity contribution in [2.45, 2.75) is 51.9 Å². The number of nitrogens with one attached hydrogen (secondary N) is 3. The summed E-state index contributed by atoms with van der Waals surface area (Å²) in [5.74, 6) is -0.367. The van der Waals surface area contributed by atoms with Crippen LogP contribution in [0, 0.1) is 13.8 Å². The van der Waals surface area contributed by atoms with Crippen LogP contribution in [0.25, 0.3) is 11.0 Å². The molecule has 0 spiro atoms. The molecule has 41 heavy (non-hydrogen) atoms. The van der Waals surface area contributed by atoms with E-state index < -0.39 is 18.0 Å². The monoisotopic (exact) mass is 554 g/mol. The highest BCUT2D eigenvalue weighted by Crippen LogP contribution is 2.26. The largest absolute Gasteiger partial charge is 0.508 e. The lowest BCUT2D eigenvalue weighted by Gasteiger charge is -2.37. The Morgan fingerprint density at radius 3 is 2.46 bits per heavy atom. The molecule has 212 valence electrons. The zero-order valence-electron chi connectivity index (χ0n) is 23.1. The van der Waals surface area contributed by atoms with Crippen molar-refractivity contribution in [1.82, 2.24) is 25.5 Å². The molecule has 0 bridgehead atoms. The van der Waals surface area contributed by atoms with Gasteiger partial charge in [0.25, 0.3) is 0 Å². The molecule has 1 aromatic heterocycles. The number of para-hydroxylation sites is 2. The Kier molecular flexibility index (Phi) is 8.02. The van der Waals surface area contributed by atoms with E-state index in [9.17, 15) is 19.5 Å². The number of H-pyrrole nitrogens is 1. The molecule has 0 aliphatic carbocycles. The van der Waals surface area contributed by atoms with Crippen LogP contribution >= 0.6 is 0 Å². The maximum absolute atomic E-state index is 13.7. The summed E-state index contributed by atoms with van der Waals surface area (Å²) >= 11 is 0. The van der Waals surface area contributed by atoms with Crippen molar-refractivity contribution in [1.29, 1.82) is 0 Å². The van der Waals surface area contributed by atoms with Crippen LogP contribution in [0.1, 0.15) is 33.6 Å². The molecule has 4 aromatic rings. The summed E-state index contributed by atoms with van der Waals surface area (Å²) in [5, 5.41) is 15.3. The van der Waals surface area contributed by atoms with E-state index in [1.807, 2.05) is 62.4 Å². The van der Waals surface area contributed by atoms with Gasteiger partial charge in [0.15, 0.2) is 0 Å². The van der Waals surface area contributed by atoms with E-state index in [1.54, 1.807) is 12.1 Å². The summed E-state index contributed by atoms with van der Waals surface area (Å²) in [7, 11) is 0. The minimum absolute atomic E-state index is 0.162. The van der Waals surface area contributed by atoms with Gasteiger partial charge in [-0.2, -0.15) is 0 Å². The van der Waals surface area contributed by atoms with Crippen LogP contribution in [-0.2, 0) is 40.3 Å². The number of nitrogens with zero attached hydrogens (tertiary/aromatic N) is 2. The number of amides is 3. The molecular weight excluding hydrogens is 520 g/mol. The van der Waals surface area contributed by atoms with Crippen molar-refractivity contribution in [2.24, 2.45) is 5.73 Å². The van der Waals surface area contributed by atoms with E-state index in [2.05, 4.69) is 20.6 Å². The van der Waals surface area contributed by atoms with Gasteiger partial charge in [0.2, 0.25) is 17.7 Å². The summed E-state index contributed by atoms with van der Waals surface area (Å²) in [5.41, 5.74) is 12.6. The summed E-state index contributed by atoms with van der Waals surface area (Å²) in [6.07, 6.45) is 0.589. The molecule has 0 saturated heterocycles. The van der Waals surface area contributed by atoms with Crippen molar-refractivity contribution in [3.05, 3.63) is 94.3 Å². The van der Waals surface area contributed by atoms with Gasteiger partial charge in [-0.15, -0.1) is 0 Å². The van der Waals surface area contributed by atoms with Crippen molar-refractivity contribution < 1.29 is 19.5 Å². The van der Waals surface area contributed by atoms with Crippen LogP contribution in [0.5, 0.6) is 5.75 Å². The minimum Gasteiger partial charge on any atom is -0.508 e. The molecule has 0 fully saturated rings. The quantitative estimate of drug-likeness (QED) is 0.225. The van der Waals surface area contributed by atoms with E-state index >= 15 is 0 Å². The van der Waals surface area contributed by atoms with E-state index in [-0.39, 0.29) is 43.6 Å². The Morgan fingerprint density at radius 1 is 1.05 bits per heavy atom. The van der Waals surface area contributed by atoms with Crippen LogP contribution in [0.15, 0.2) is 60.7 Å². The molecular formula is C31H34N6O4. The first kappa shape index (κ1) is 27.9. The first-order valence-electron chi connectivity index (χ1n) is 13.6.